The molecule has 92 heavy (non-hydrogen) atoms. The van der Waals surface area contributed by atoms with Crippen molar-refractivity contribution in [2.24, 2.45) is 0 Å². The van der Waals surface area contributed by atoms with Gasteiger partial charge in [-0.05, 0) is 242 Å². The summed E-state index contributed by atoms with van der Waals surface area (Å²) in [6.45, 7) is 0. The van der Waals surface area contributed by atoms with Crippen LogP contribution in [0.3, 0.4) is 0 Å². The second-order valence-electron chi connectivity index (χ2n) is 26.2. The highest BCUT2D eigenvalue weighted by molar-refractivity contribution is 6.07. The van der Waals surface area contributed by atoms with Crippen molar-refractivity contribution in [3.8, 4) is 0 Å². The fourth-order valence-electron chi connectivity index (χ4n) is 14.7. The van der Waals surface area contributed by atoms with Crippen LogP contribution in [-0.4, -0.2) is 0 Å². The maximum Gasteiger partial charge on any atom is 0.0541 e. The Morgan fingerprint density at radius 3 is 0.728 bits per heavy atom. The quantitative estimate of drug-likeness (QED) is 0.0890. The Morgan fingerprint density at radius 2 is 0.457 bits per heavy atom. The molecule has 0 saturated heterocycles. The SMILES string of the molecule is C(=C1CCCCC1)c1ccc(C(=Cc2ccc(N(c3ccccc3)c3ccc(N(c4ccccc4)c4ccc(C=C(c5ccc(C=C6CCCCC6)cc5)c5ccc(C=C6CCCCC6)cc5)cc4)c4ccccc34)cc2)c2ccc(C=C3CCCCC3)cc2)cc1. The summed E-state index contributed by atoms with van der Waals surface area (Å²) >= 11 is 0. The van der Waals surface area contributed by atoms with Crippen LogP contribution in [0, 0.1) is 0 Å². The van der Waals surface area contributed by atoms with E-state index in [1.807, 2.05) is 0 Å². The third-order valence-electron chi connectivity index (χ3n) is 19.7. The summed E-state index contributed by atoms with van der Waals surface area (Å²) in [5.74, 6) is 0. The highest BCUT2D eigenvalue weighted by Gasteiger charge is 2.22. The molecule has 0 spiro atoms. The van der Waals surface area contributed by atoms with Crippen molar-refractivity contribution >= 4 is 92.5 Å². The molecular formula is C90H86N2. The minimum absolute atomic E-state index is 1.09. The Hall–Kier alpha value is -9.50. The number of benzene rings is 10. The average Bonchev–Trinajstić information content (AvgIpc) is 0.838. The van der Waals surface area contributed by atoms with Crippen LogP contribution in [0.2, 0.25) is 0 Å². The molecule has 0 atom stereocenters. The molecular weight excluding hydrogens is 1110 g/mol. The molecule has 2 nitrogen and oxygen atoms in total. The molecule has 10 aromatic carbocycles. The third kappa shape index (κ3) is 14.6. The summed E-state index contributed by atoms with van der Waals surface area (Å²) in [6.07, 6.45) is 40.2. The lowest BCUT2D eigenvalue weighted by Crippen LogP contribution is -2.13. The number of hydrogen-bond acceptors (Lipinski definition) is 2. The summed E-state index contributed by atoms with van der Waals surface area (Å²) in [7, 11) is 0. The van der Waals surface area contributed by atoms with Crippen molar-refractivity contribution in [3.05, 3.63) is 321 Å². The molecule has 0 N–H and O–H groups in total. The van der Waals surface area contributed by atoms with E-state index in [2.05, 4.69) is 289 Å². The molecule has 0 aliphatic heterocycles. The Labute approximate surface area is 548 Å². The van der Waals surface area contributed by atoms with Gasteiger partial charge in [-0.25, -0.2) is 0 Å². The van der Waals surface area contributed by atoms with Crippen molar-refractivity contribution in [2.75, 3.05) is 9.80 Å². The fourth-order valence-corrected chi connectivity index (χ4v) is 14.7. The average molecular weight is 1200 g/mol. The van der Waals surface area contributed by atoms with Crippen LogP contribution in [0.1, 0.15) is 184 Å². The number of fused-ring (bicyclic) bond motifs is 1. The Morgan fingerprint density at radius 1 is 0.217 bits per heavy atom. The van der Waals surface area contributed by atoms with E-state index >= 15 is 0 Å². The van der Waals surface area contributed by atoms with Gasteiger partial charge in [-0.1, -0.05) is 254 Å². The standard InChI is InChI=1S/C90H86N2/c1-7-21-67(22-8-1)61-71-35-47-77(48-36-71)87(78-49-37-72(38-50-78)62-68-23-9-2-10-24-68)65-75-43-55-83(56-44-75)91(81-29-15-5-16-30-81)89-59-60-90(86-34-20-19-33-85(86)89)92(82-31-17-6-18-32-82)84-57-45-76(46-58-84)66-88(79-51-39-73(40-52-79)63-69-25-11-3-12-26-69)80-53-41-74(42-54-80)64-70-27-13-4-14-28-70/h5-6,15-20,29-66H,1-4,7-14,21-28H2. The van der Waals surface area contributed by atoms with Gasteiger partial charge in [0.25, 0.3) is 0 Å². The summed E-state index contributed by atoms with van der Waals surface area (Å²) in [6, 6.07) is 90.8. The van der Waals surface area contributed by atoms with E-state index in [0.29, 0.717) is 0 Å². The van der Waals surface area contributed by atoms with Crippen LogP contribution in [0.5, 0.6) is 0 Å². The lowest BCUT2D eigenvalue weighted by atomic mass is 9.91. The van der Waals surface area contributed by atoms with Crippen molar-refractivity contribution in [2.45, 2.75) is 128 Å². The van der Waals surface area contributed by atoms with Crippen LogP contribution in [0.4, 0.5) is 34.1 Å². The summed E-state index contributed by atoms with van der Waals surface area (Å²) in [4.78, 5) is 4.85. The first kappa shape index (κ1) is 60.1. The second-order valence-corrected chi connectivity index (χ2v) is 26.2. The smallest absolute Gasteiger partial charge is 0.0541 e. The van der Waals surface area contributed by atoms with Gasteiger partial charge in [0.2, 0.25) is 0 Å². The minimum atomic E-state index is 1.09. The Bertz CT molecular complexity index is 3850. The van der Waals surface area contributed by atoms with E-state index in [4.69, 9.17) is 0 Å². The molecule has 0 bridgehead atoms. The number of rotatable bonds is 16. The van der Waals surface area contributed by atoms with E-state index < -0.39 is 0 Å². The van der Waals surface area contributed by atoms with Gasteiger partial charge in [0.05, 0.1) is 11.4 Å². The van der Waals surface area contributed by atoms with Gasteiger partial charge >= 0.3 is 0 Å². The van der Waals surface area contributed by atoms with Crippen LogP contribution in [0.25, 0.3) is 58.4 Å². The number of para-hydroxylation sites is 2. The molecule has 0 unspecified atom stereocenters. The van der Waals surface area contributed by atoms with Gasteiger partial charge in [-0.3, -0.25) is 0 Å². The first-order valence-corrected chi connectivity index (χ1v) is 34.6. The first-order valence-electron chi connectivity index (χ1n) is 34.6. The van der Waals surface area contributed by atoms with Crippen molar-refractivity contribution in [3.63, 3.8) is 0 Å². The predicted molar refractivity (Wildman–Crippen MR) is 397 cm³/mol. The van der Waals surface area contributed by atoms with Crippen molar-refractivity contribution in [1.29, 1.82) is 0 Å². The molecule has 0 aromatic heterocycles. The largest absolute Gasteiger partial charge is 0.310 e. The molecule has 14 rings (SSSR count). The zero-order valence-electron chi connectivity index (χ0n) is 53.6. The molecule has 4 aliphatic rings. The van der Waals surface area contributed by atoms with Crippen LogP contribution < -0.4 is 9.80 Å². The highest BCUT2D eigenvalue weighted by atomic mass is 15.2. The van der Waals surface area contributed by atoms with Gasteiger partial charge < -0.3 is 9.80 Å². The molecule has 4 aliphatic carbocycles. The fraction of sp³-hybridized carbons (Fsp3) is 0.222. The topological polar surface area (TPSA) is 6.48 Å². The van der Waals surface area contributed by atoms with Crippen molar-refractivity contribution < 1.29 is 0 Å². The molecule has 0 heterocycles. The maximum absolute atomic E-state index is 2.44. The summed E-state index contributed by atoms with van der Waals surface area (Å²) in [5.41, 5.74) is 27.8. The molecule has 2 heteroatoms. The molecule has 456 valence electrons. The lowest BCUT2D eigenvalue weighted by Gasteiger charge is -2.30. The van der Waals surface area contributed by atoms with Gasteiger partial charge in [0, 0.05) is 33.5 Å². The molecule has 0 radical (unpaired) electrons. The molecule has 4 fully saturated rings. The predicted octanol–water partition coefficient (Wildman–Crippen LogP) is 26.3. The first-order chi connectivity index (χ1) is 45.6. The van der Waals surface area contributed by atoms with E-state index in [-0.39, 0.29) is 0 Å². The number of nitrogens with zero attached hydrogens (tertiary/aromatic N) is 2. The van der Waals surface area contributed by atoms with E-state index in [0.717, 1.165) is 56.0 Å². The van der Waals surface area contributed by atoms with Gasteiger partial charge in [0.15, 0.2) is 0 Å². The Kier molecular flexibility index (Phi) is 19.1. The second kappa shape index (κ2) is 29.2. The van der Waals surface area contributed by atoms with Gasteiger partial charge in [-0.2, -0.15) is 0 Å². The molecule has 10 aromatic rings. The normalized spacial score (nSPS) is 15.1. The molecule has 0 amide bonds. The van der Waals surface area contributed by atoms with E-state index in [1.165, 1.54) is 184 Å². The minimum Gasteiger partial charge on any atom is -0.310 e. The summed E-state index contributed by atoms with van der Waals surface area (Å²) in [5, 5.41) is 2.33. The van der Waals surface area contributed by atoms with E-state index in [1.54, 1.807) is 22.3 Å². The Balaban J connectivity index is 0.798. The molecule has 4 saturated carbocycles. The zero-order chi connectivity index (χ0) is 61.7. The van der Waals surface area contributed by atoms with E-state index in [9.17, 15) is 0 Å². The number of hydrogen-bond donors (Lipinski definition) is 0. The maximum atomic E-state index is 2.44. The number of allylic oxidation sites excluding steroid dienone is 4. The van der Waals surface area contributed by atoms with Crippen LogP contribution >= 0.6 is 0 Å². The highest BCUT2D eigenvalue weighted by Crippen LogP contribution is 2.46. The van der Waals surface area contributed by atoms with Gasteiger partial charge in [-0.15, -0.1) is 0 Å². The lowest BCUT2D eigenvalue weighted by molar-refractivity contribution is 0.602. The van der Waals surface area contributed by atoms with Gasteiger partial charge in [0.1, 0.15) is 0 Å². The van der Waals surface area contributed by atoms with Crippen LogP contribution in [0.15, 0.2) is 265 Å². The summed E-state index contributed by atoms with van der Waals surface area (Å²) < 4.78 is 0. The third-order valence-corrected chi connectivity index (χ3v) is 19.7. The van der Waals surface area contributed by atoms with Crippen molar-refractivity contribution in [1.82, 2.24) is 0 Å². The van der Waals surface area contributed by atoms with Crippen LogP contribution in [-0.2, 0) is 0 Å². The monoisotopic (exact) mass is 1190 g/mol. The number of anilines is 6. The zero-order valence-corrected chi connectivity index (χ0v) is 53.6.